The van der Waals surface area contributed by atoms with E-state index in [0.717, 1.165) is 50.6 Å². The van der Waals surface area contributed by atoms with Crippen LogP contribution in [0.25, 0.3) is 5.57 Å². The number of imidazole rings is 1. The van der Waals surface area contributed by atoms with Gasteiger partial charge in [0, 0.05) is 25.0 Å². The Balaban J connectivity index is 1.99. The smallest absolute Gasteiger partial charge is 0.231 e. The molecule has 0 bridgehead atoms. The maximum absolute atomic E-state index is 11.0. The van der Waals surface area contributed by atoms with Crippen molar-refractivity contribution in [1.29, 1.82) is 0 Å². The molecule has 1 aromatic heterocycles. The van der Waals surface area contributed by atoms with Gasteiger partial charge in [-0.1, -0.05) is 25.3 Å². The summed E-state index contributed by atoms with van der Waals surface area (Å²) in [5.41, 5.74) is 2.76. The normalized spacial score (nSPS) is 13.9. The van der Waals surface area contributed by atoms with Crippen molar-refractivity contribution in [2.75, 3.05) is 32.1 Å². The maximum atomic E-state index is 11.0. The average molecular weight is 439 g/mol. The molecule has 1 unspecified atom stereocenters. The molecule has 0 spiro atoms. The van der Waals surface area contributed by atoms with Crippen molar-refractivity contribution < 1.29 is 18.2 Å². The molecule has 8 nitrogen and oxygen atoms in total. The molecule has 1 aromatic carbocycles. The molecule has 158 valence electrons. The van der Waals surface area contributed by atoms with E-state index in [-0.39, 0.29) is 0 Å². The lowest BCUT2D eigenvalue weighted by Gasteiger charge is -2.21. The van der Waals surface area contributed by atoms with Gasteiger partial charge in [-0.2, -0.15) is 0 Å². The van der Waals surface area contributed by atoms with Gasteiger partial charge in [0.2, 0.25) is 11.3 Å². The highest BCUT2D eigenvalue weighted by molar-refractivity contribution is 7.99. The third-order valence-electron chi connectivity index (χ3n) is 4.44. The van der Waals surface area contributed by atoms with Crippen LogP contribution in [0.1, 0.15) is 25.1 Å². The maximum Gasteiger partial charge on any atom is 0.231 e. The van der Waals surface area contributed by atoms with Crippen LogP contribution in [0.4, 0.5) is 5.82 Å². The summed E-state index contributed by atoms with van der Waals surface area (Å²) in [6.07, 6.45) is 0.844. The second-order valence-electron chi connectivity index (χ2n) is 6.48. The number of ether oxygens (including phenoxy) is 2. The van der Waals surface area contributed by atoms with E-state index in [0.29, 0.717) is 26.3 Å². The predicted octanol–water partition coefficient (Wildman–Crippen LogP) is 3.17. The van der Waals surface area contributed by atoms with Crippen LogP contribution in [0.15, 0.2) is 28.8 Å². The fourth-order valence-corrected chi connectivity index (χ4v) is 4.49. The Morgan fingerprint density at radius 2 is 2.07 bits per heavy atom. The van der Waals surface area contributed by atoms with Gasteiger partial charge >= 0.3 is 0 Å². The third-order valence-corrected chi connectivity index (χ3v) is 5.99. The summed E-state index contributed by atoms with van der Waals surface area (Å²) in [5.74, 6) is 2.33. The first-order valence-electron chi connectivity index (χ1n) is 9.33. The van der Waals surface area contributed by atoms with Crippen molar-refractivity contribution >= 4 is 34.4 Å². The molecule has 0 saturated heterocycles. The van der Waals surface area contributed by atoms with Crippen LogP contribution in [0.2, 0.25) is 0 Å². The largest absolute Gasteiger partial charge is 0.486 e. The zero-order valence-corrected chi connectivity index (χ0v) is 18.4. The zero-order chi connectivity index (χ0) is 21.0. The molecule has 1 aliphatic rings. The first-order valence-corrected chi connectivity index (χ1v) is 11.3. The average Bonchev–Trinajstić information content (AvgIpc) is 3.04. The molecule has 3 rings (SSSR count). The number of fused-ring (bicyclic) bond motifs is 1. The van der Waals surface area contributed by atoms with Crippen LogP contribution in [0.5, 0.6) is 11.5 Å². The van der Waals surface area contributed by atoms with Crippen molar-refractivity contribution in [3.63, 3.8) is 0 Å². The first kappa shape index (κ1) is 21.7. The fourth-order valence-electron chi connectivity index (χ4n) is 3.10. The van der Waals surface area contributed by atoms with E-state index in [4.69, 9.17) is 19.0 Å². The van der Waals surface area contributed by atoms with Gasteiger partial charge in [-0.3, -0.25) is 4.55 Å². The lowest BCUT2D eigenvalue weighted by molar-refractivity contribution is 0.171. The van der Waals surface area contributed by atoms with Crippen molar-refractivity contribution in [2.45, 2.75) is 36.9 Å². The van der Waals surface area contributed by atoms with E-state index in [1.165, 1.54) is 11.8 Å². The Bertz CT molecular complexity index is 929. The van der Waals surface area contributed by atoms with Crippen LogP contribution in [0, 0.1) is 0 Å². The predicted molar refractivity (Wildman–Crippen MR) is 116 cm³/mol. The highest BCUT2D eigenvalue weighted by atomic mass is 32.2. The van der Waals surface area contributed by atoms with Gasteiger partial charge in [0.05, 0.1) is 0 Å². The van der Waals surface area contributed by atoms with E-state index in [2.05, 4.69) is 23.5 Å². The SMILES string of the molecule is C=C(C)c1nc(Sc2cc3c(cc2CC)OCCO3)n(CCNS(=O)O)c1NC. The molecule has 29 heavy (non-hydrogen) atoms. The van der Waals surface area contributed by atoms with E-state index < -0.39 is 11.3 Å². The molecule has 1 atom stereocenters. The first-order chi connectivity index (χ1) is 13.9. The molecule has 0 fully saturated rings. The second kappa shape index (κ2) is 9.66. The second-order valence-corrected chi connectivity index (χ2v) is 8.27. The molecule has 0 amide bonds. The van der Waals surface area contributed by atoms with Crippen molar-refractivity contribution in [3.05, 3.63) is 30.0 Å². The van der Waals surface area contributed by atoms with Gasteiger partial charge < -0.3 is 19.4 Å². The quantitative estimate of drug-likeness (QED) is 0.517. The summed E-state index contributed by atoms with van der Waals surface area (Å²) in [5, 5.41) is 3.95. The number of aromatic nitrogens is 2. The minimum Gasteiger partial charge on any atom is -0.486 e. The number of hydrogen-bond donors (Lipinski definition) is 3. The number of nitrogens with one attached hydrogen (secondary N) is 2. The molecular formula is C19H26N4O4S2. The van der Waals surface area contributed by atoms with Gasteiger partial charge in [-0.25, -0.2) is 13.9 Å². The molecule has 1 aliphatic heterocycles. The number of rotatable bonds is 9. The Labute approximate surface area is 177 Å². The number of allylic oxidation sites excluding steroid dienone is 1. The standard InChI is InChI=1S/C19H26N4O4S2/c1-5-13-10-14-15(27-9-8-26-14)11-16(13)28-19-22-17(12(2)3)18(20-4)23(19)7-6-21-29(24)25/h10-11,20-21H,2,5-9H2,1,3-4H3,(H,24,25). The van der Waals surface area contributed by atoms with Crippen LogP contribution < -0.4 is 19.5 Å². The molecule has 2 aromatic rings. The van der Waals surface area contributed by atoms with Crippen LogP contribution in [-0.2, 0) is 24.2 Å². The Morgan fingerprint density at radius 1 is 1.38 bits per heavy atom. The summed E-state index contributed by atoms with van der Waals surface area (Å²) in [6.45, 7) is 9.91. The molecule has 0 radical (unpaired) electrons. The van der Waals surface area contributed by atoms with Crippen molar-refractivity contribution in [2.24, 2.45) is 0 Å². The monoisotopic (exact) mass is 438 g/mol. The lowest BCUT2D eigenvalue weighted by Crippen LogP contribution is -2.22. The minimum absolute atomic E-state index is 0.319. The van der Waals surface area contributed by atoms with Crippen molar-refractivity contribution in [1.82, 2.24) is 14.3 Å². The fraction of sp³-hybridized carbons (Fsp3) is 0.421. The highest BCUT2D eigenvalue weighted by Gasteiger charge is 2.21. The van der Waals surface area contributed by atoms with E-state index in [1.807, 2.05) is 30.7 Å². The minimum atomic E-state index is -2.06. The Hall–Kier alpha value is -2.01. The van der Waals surface area contributed by atoms with Crippen LogP contribution in [-0.4, -0.2) is 45.1 Å². The molecule has 10 heteroatoms. The third kappa shape index (κ3) is 4.95. The van der Waals surface area contributed by atoms with Gasteiger partial charge in [-0.05, 0) is 36.6 Å². The van der Waals surface area contributed by atoms with E-state index >= 15 is 0 Å². The number of nitrogens with zero attached hydrogens (tertiary/aromatic N) is 2. The van der Waals surface area contributed by atoms with Gasteiger partial charge in [0.1, 0.15) is 24.7 Å². The zero-order valence-electron chi connectivity index (χ0n) is 16.8. The van der Waals surface area contributed by atoms with E-state index in [1.54, 1.807) is 0 Å². The van der Waals surface area contributed by atoms with E-state index in [9.17, 15) is 4.21 Å². The van der Waals surface area contributed by atoms with Crippen LogP contribution >= 0.6 is 11.8 Å². The molecular weight excluding hydrogens is 412 g/mol. The number of aryl methyl sites for hydroxylation is 1. The molecule has 2 heterocycles. The number of hydrogen-bond acceptors (Lipinski definition) is 6. The summed E-state index contributed by atoms with van der Waals surface area (Å²) >= 11 is -0.526. The summed E-state index contributed by atoms with van der Waals surface area (Å²) < 4.78 is 35.9. The van der Waals surface area contributed by atoms with Crippen molar-refractivity contribution in [3.8, 4) is 11.5 Å². The molecule has 0 saturated carbocycles. The number of benzene rings is 1. The Morgan fingerprint density at radius 3 is 2.66 bits per heavy atom. The van der Waals surface area contributed by atoms with Gasteiger partial charge in [0.25, 0.3) is 0 Å². The summed E-state index contributed by atoms with van der Waals surface area (Å²) in [6, 6.07) is 4.02. The topological polar surface area (TPSA) is 97.6 Å². The lowest BCUT2D eigenvalue weighted by atomic mass is 10.1. The summed E-state index contributed by atoms with van der Waals surface area (Å²) in [7, 11) is 1.83. The van der Waals surface area contributed by atoms with Gasteiger partial charge in [-0.15, -0.1) is 0 Å². The Kier molecular flexibility index (Phi) is 7.23. The number of anilines is 1. The molecule has 3 N–H and O–H groups in total. The summed E-state index contributed by atoms with van der Waals surface area (Å²) in [4.78, 5) is 5.83. The van der Waals surface area contributed by atoms with Gasteiger partial charge in [0.15, 0.2) is 16.7 Å². The van der Waals surface area contributed by atoms with Crippen LogP contribution in [0.3, 0.4) is 0 Å². The molecule has 0 aliphatic carbocycles. The highest BCUT2D eigenvalue weighted by Crippen LogP contribution is 2.41.